The highest BCUT2D eigenvalue weighted by molar-refractivity contribution is 6.31. The van der Waals surface area contributed by atoms with E-state index in [1.807, 2.05) is 6.07 Å². The second-order valence-corrected chi connectivity index (χ2v) is 4.03. The Balaban J connectivity index is 2.62. The Bertz CT molecular complexity index is 516. The van der Waals surface area contributed by atoms with Gasteiger partial charge in [0.1, 0.15) is 0 Å². The molecule has 0 aliphatic rings. The third kappa shape index (κ3) is 1.70. The maximum atomic E-state index is 11.8. The average Bonchev–Trinajstić information content (AvgIpc) is 2.59. The van der Waals surface area contributed by atoms with E-state index in [0.717, 1.165) is 10.9 Å². The molecule has 0 spiro atoms. The Morgan fingerprint density at radius 1 is 1.40 bits per heavy atom. The predicted octanol–water partition coefficient (Wildman–Crippen LogP) is 2.52. The van der Waals surface area contributed by atoms with E-state index in [9.17, 15) is 4.79 Å². The molecule has 0 saturated heterocycles. The van der Waals surface area contributed by atoms with Gasteiger partial charge >= 0.3 is 0 Å². The summed E-state index contributed by atoms with van der Waals surface area (Å²) in [5.41, 5.74) is 1.57. The van der Waals surface area contributed by atoms with Crippen LogP contribution in [0.4, 0.5) is 0 Å². The maximum absolute atomic E-state index is 11.8. The van der Waals surface area contributed by atoms with Gasteiger partial charge in [-0.15, -0.1) is 0 Å². The summed E-state index contributed by atoms with van der Waals surface area (Å²) in [6, 6.07) is 5.46. The number of benzene rings is 1. The van der Waals surface area contributed by atoms with Gasteiger partial charge in [-0.05, 0) is 18.2 Å². The summed E-state index contributed by atoms with van der Waals surface area (Å²) in [5.74, 6) is -0.0245. The molecule has 3 nitrogen and oxygen atoms in total. The first-order valence-electron chi connectivity index (χ1n) is 4.58. The van der Waals surface area contributed by atoms with Gasteiger partial charge in [-0.1, -0.05) is 11.6 Å². The van der Waals surface area contributed by atoms with Crippen LogP contribution >= 0.6 is 11.6 Å². The molecule has 1 heterocycles. The molecule has 1 aromatic heterocycles. The molecule has 1 aromatic carbocycles. The van der Waals surface area contributed by atoms with Gasteiger partial charge in [-0.3, -0.25) is 4.79 Å². The van der Waals surface area contributed by atoms with Gasteiger partial charge < -0.3 is 9.88 Å². The lowest BCUT2D eigenvalue weighted by molar-refractivity contribution is 0.0829. The molecule has 1 N–H and O–H groups in total. The third-order valence-corrected chi connectivity index (χ3v) is 2.52. The van der Waals surface area contributed by atoms with E-state index in [1.54, 1.807) is 37.3 Å². The van der Waals surface area contributed by atoms with Crippen molar-refractivity contribution in [2.45, 2.75) is 0 Å². The number of carbonyl (C=O) groups excluding carboxylic acids is 1. The number of fused-ring (bicyclic) bond motifs is 1. The quantitative estimate of drug-likeness (QED) is 0.791. The third-order valence-electron chi connectivity index (χ3n) is 2.28. The normalized spacial score (nSPS) is 10.6. The van der Waals surface area contributed by atoms with Gasteiger partial charge in [0, 0.05) is 36.2 Å². The van der Waals surface area contributed by atoms with Crippen molar-refractivity contribution in [1.29, 1.82) is 0 Å². The highest BCUT2D eigenvalue weighted by atomic mass is 35.5. The Hall–Kier alpha value is -1.48. The average molecular weight is 223 g/mol. The Morgan fingerprint density at radius 3 is 2.80 bits per heavy atom. The van der Waals surface area contributed by atoms with Gasteiger partial charge in [0.05, 0.1) is 5.56 Å². The largest absolute Gasteiger partial charge is 0.360 e. The molecule has 2 rings (SSSR count). The van der Waals surface area contributed by atoms with Crippen molar-refractivity contribution in [3.8, 4) is 0 Å². The van der Waals surface area contributed by atoms with Crippen LogP contribution in [-0.4, -0.2) is 29.9 Å². The van der Waals surface area contributed by atoms with Crippen LogP contribution in [0.1, 0.15) is 10.4 Å². The topological polar surface area (TPSA) is 36.1 Å². The summed E-state index contributed by atoms with van der Waals surface area (Å²) >= 11 is 5.89. The van der Waals surface area contributed by atoms with E-state index in [2.05, 4.69) is 4.98 Å². The number of hydrogen-bond acceptors (Lipinski definition) is 1. The minimum atomic E-state index is -0.0245. The molecule has 2 aromatic rings. The minimum Gasteiger partial charge on any atom is -0.360 e. The molecular weight excluding hydrogens is 212 g/mol. The van der Waals surface area contributed by atoms with Crippen LogP contribution in [0.15, 0.2) is 24.4 Å². The number of aromatic nitrogens is 1. The monoisotopic (exact) mass is 222 g/mol. The number of halogens is 1. The zero-order valence-corrected chi connectivity index (χ0v) is 9.30. The molecule has 15 heavy (non-hydrogen) atoms. The number of H-pyrrole nitrogens is 1. The standard InChI is InChI=1S/C11H11ClN2O/c1-14(2)11(15)9-6-13-10-4-3-7(12)5-8(9)10/h3-6,13H,1-2H3. The molecule has 0 radical (unpaired) electrons. The van der Waals surface area contributed by atoms with Crippen molar-refractivity contribution in [1.82, 2.24) is 9.88 Å². The van der Waals surface area contributed by atoms with Crippen molar-refractivity contribution in [2.75, 3.05) is 14.1 Å². The van der Waals surface area contributed by atoms with E-state index >= 15 is 0 Å². The van der Waals surface area contributed by atoms with E-state index in [0.29, 0.717) is 10.6 Å². The lowest BCUT2D eigenvalue weighted by atomic mass is 10.1. The molecule has 0 aliphatic heterocycles. The van der Waals surface area contributed by atoms with Gasteiger partial charge in [0.25, 0.3) is 5.91 Å². The number of aromatic amines is 1. The SMILES string of the molecule is CN(C)C(=O)c1c[nH]c2ccc(Cl)cc12. The smallest absolute Gasteiger partial charge is 0.255 e. The number of nitrogens with one attached hydrogen (secondary N) is 1. The molecule has 1 amide bonds. The maximum Gasteiger partial charge on any atom is 0.255 e. The number of nitrogens with zero attached hydrogens (tertiary/aromatic N) is 1. The van der Waals surface area contributed by atoms with Crippen LogP contribution in [0.25, 0.3) is 10.9 Å². The summed E-state index contributed by atoms with van der Waals surface area (Å²) in [7, 11) is 3.46. The van der Waals surface area contributed by atoms with Gasteiger partial charge in [-0.25, -0.2) is 0 Å². The Kier molecular flexibility index (Phi) is 2.40. The van der Waals surface area contributed by atoms with Crippen LogP contribution in [0, 0.1) is 0 Å². The molecule has 0 fully saturated rings. The van der Waals surface area contributed by atoms with Crippen LogP contribution in [0.3, 0.4) is 0 Å². The lowest BCUT2D eigenvalue weighted by Gasteiger charge is -2.08. The molecule has 4 heteroatoms. The van der Waals surface area contributed by atoms with Crippen LogP contribution < -0.4 is 0 Å². The molecule has 0 atom stereocenters. The highest BCUT2D eigenvalue weighted by Crippen LogP contribution is 2.22. The zero-order chi connectivity index (χ0) is 11.0. The first kappa shape index (κ1) is 10.1. The van der Waals surface area contributed by atoms with Crippen LogP contribution in [0.2, 0.25) is 5.02 Å². The minimum absolute atomic E-state index is 0.0245. The van der Waals surface area contributed by atoms with Gasteiger partial charge in [-0.2, -0.15) is 0 Å². The van der Waals surface area contributed by atoms with Crippen molar-refractivity contribution in [2.24, 2.45) is 0 Å². The second-order valence-electron chi connectivity index (χ2n) is 3.59. The first-order valence-corrected chi connectivity index (χ1v) is 4.95. The predicted molar refractivity (Wildman–Crippen MR) is 61.3 cm³/mol. The fourth-order valence-corrected chi connectivity index (χ4v) is 1.68. The van der Waals surface area contributed by atoms with E-state index in [1.165, 1.54) is 0 Å². The summed E-state index contributed by atoms with van der Waals surface area (Å²) in [5, 5.41) is 1.50. The number of rotatable bonds is 1. The summed E-state index contributed by atoms with van der Waals surface area (Å²) in [4.78, 5) is 16.4. The molecule has 0 unspecified atom stereocenters. The fraction of sp³-hybridized carbons (Fsp3) is 0.182. The zero-order valence-electron chi connectivity index (χ0n) is 8.54. The van der Waals surface area contributed by atoms with Crippen molar-refractivity contribution >= 4 is 28.4 Å². The highest BCUT2D eigenvalue weighted by Gasteiger charge is 2.13. The molecule has 0 aliphatic carbocycles. The van der Waals surface area contributed by atoms with Gasteiger partial charge in [0.15, 0.2) is 0 Å². The Morgan fingerprint density at radius 2 is 2.13 bits per heavy atom. The van der Waals surface area contributed by atoms with Gasteiger partial charge in [0.2, 0.25) is 0 Å². The van der Waals surface area contributed by atoms with Crippen LogP contribution in [0.5, 0.6) is 0 Å². The number of carbonyl (C=O) groups is 1. The first-order chi connectivity index (χ1) is 7.09. The summed E-state index contributed by atoms with van der Waals surface area (Å²) < 4.78 is 0. The summed E-state index contributed by atoms with van der Waals surface area (Å²) in [6.45, 7) is 0. The number of amides is 1. The summed E-state index contributed by atoms with van der Waals surface area (Å²) in [6.07, 6.45) is 1.71. The van der Waals surface area contributed by atoms with E-state index in [4.69, 9.17) is 11.6 Å². The second kappa shape index (κ2) is 3.59. The molecule has 0 saturated carbocycles. The van der Waals surface area contributed by atoms with Crippen molar-refractivity contribution < 1.29 is 4.79 Å². The van der Waals surface area contributed by atoms with Crippen LogP contribution in [-0.2, 0) is 0 Å². The molecule has 78 valence electrons. The number of hydrogen-bond donors (Lipinski definition) is 1. The van der Waals surface area contributed by atoms with E-state index in [-0.39, 0.29) is 5.91 Å². The Labute approximate surface area is 92.6 Å². The van der Waals surface area contributed by atoms with E-state index < -0.39 is 0 Å². The fourth-order valence-electron chi connectivity index (χ4n) is 1.51. The molecular formula is C11H11ClN2O. The molecule has 0 bridgehead atoms. The lowest BCUT2D eigenvalue weighted by Crippen LogP contribution is -2.21. The van der Waals surface area contributed by atoms with Crippen molar-refractivity contribution in [3.05, 3.63) is 35.0 Å². The van der Waals surface area contributed by atoms with Crippen molar-refractivity contribution in [3.63, 3.8) is 0 Å².